The van der Waals surface area contributed by atoms with Crippen LogP contribution >= 0.6 is 11.3 Å². The normalized spacial score (nSPS) is 11.1. The Morgan fingerprint density at radius 2 is 2.12 bits per heavy atom. The van der Waals surface area contributed by atoms with Crippen LogP contribution in [0.1, 0.15) is 39.3 Å². The smallest absolute Gasteiger partial charge is 0.240 e. The second-order valence-corrected chi connectivity index (χ2v) is 5.17. The number of hydrogen-bond acceptors (Lipinski definition) is 4. The van der Waals surface area contributed by atoms with E-state index >= 15 is 0 Å². The number of anilines is 1. The van der Waals surface area contributed by atoms with E-state index in [0.717, 1.165) is 5.69 Å². The van der Waals surface area contributed by atoms with Crippen LogP contribution in [0.15, 0.2) is 5.38 Å². The second-order valence-electron chi connectivity index (χ2n) is 4.32. The Kier molecular flexibility index (Phi) is 4.89. The minimum absolute atomic E-state index is 0.0432. The molecule has 0 fully saturated rings. The van der Waals surface area contributed by atoms with Gasteiger partial charge < -0.3 is 10.6 Å². The lowest BCUT2D eigenvalue weighted by Gasteiger charge is -2.06. The van der Waals surface area contributed by atoms with Crippen molar-refractivity contribution in [1.82, 2.24) is 10.3 Å². The van der Waals surface area contributed by atoms with E-state index in [2.05, 4.69) is 29.5 Å². The largest absolute Gasteiger partial charge is 0.306 e. The van der Waals surface area contributed by atoms with E-state index in [-0.39, 0.29) is 5.91 Å². The average molecular weight is 241 g/mol. The molecule has 0 unspecified atom stereocenters. The highest BCUT2D eigenvalue weighted by Gasteiger charge is 2.08. The lowest BCUT2D eigenvalue weighted by molar-refractivity contribution is -0.115. The van der Waals surface area contributed by atoms with E-state index in [1.165, 1.54) is 11.3 Å². The van der Waals surface area contributed by atoms with E-state index in [9.17, 15) is 4.79 Å². The molecule has 90 valence electrons. The lowest BCUT2D eigenvalue weighted by atomic mass is 10.2. The summed E-state index contributed by atoms with van der Waals surface area (Å²) in [6.45, 7) is 8.51. The number of carbonyl (C=O) groups excluding carboxylic acids is 1. The molecule has 5 heteroatoms. The summed E-state index contributed by atoms with van der Waals surface area (Å²) in [5.41, 5.74) is 1.03. The number of amides is 1. The average Bonchev–Trinajstić information content (AvgIpc) is 2.63. The molecule has 1 aromatic heterocycles. The van der Waals surface area contributed by atoms with Crippen molar-refractivity contribution in [2.45, 2.75) is 39.7 Å². The fraction of sp³-hybridized carbons (Fsp3) is 0.636. The van der Waals surface area contributed by atoms with E-state index in [1.54, 1.807) is 0 Å². The van der Waals surface area contributed by atoms with E-state index in [1.807, 2.05) is 19.2 Å². The van der Waals surface area contributed by atoms with Gasteiger partial charge in [-0.25, -0.2) is 4.98 Å². The van der Waals surface area contributed by atoms with Gasteiger partial charge in [-0.3, -0.25) is 4.79 Å². The fourth-order valence-electron chi connectivity index (χ4n) is 1.07. The van der Waals surface area contributed by atoms with Gasteiger partial charge in [0.15, 0.2) is 5.13 Å². The van der Waals surface area contributed by atoms with Gasteiger partial charge in [0.2, 0.25) is 5.91 Å². The highest BCUT2D eigenvalue weighted by atomic mass is 32.1. The van der Waals surface area contributed by atoms with Gasteiger partial charge in [0.05, 0.1) is 12.2 Å². The Hall–Kier alpha value is -0.940. The third kappa shape index (κ3) is 4.28. The topological polar surface area (TPSA) is 54.0 Å². The zero-order valence-corrected chi connectivity index (χ0v) is 11.0. The molecule has 1 heterocycles. The molecule has 1 rings (SSSR count). The minimum Gasteiger partial charge on any atom is -0.306 e. The number of nitrogens with zero attached hydrogens (tertiary/aromatic N) is 1. The van der Waals surface area contributed by atoms with Gasteiger partial charge in [0.1, 0.15) is 0 Å². The highest BCUT2D eigenvalue weighted by Crippen LogP contribution is 2.21. The van der Waals surface area contributed by atoms with Gasteiger partial charge in [0.25, 0.3) is 0 Å². The molecule has 0 atom stereocenters. The maximum Gasteiger partial charge on any atom is 0.240 e. The molecule has 2 N–H and O–H groups in total. The molecule has 0 saturated carbocycles. The molecule has 0 aliphatic rings. The molecule has 0 aliphatic carbocycles. The second kappa shape index (κ2) is 5.96. The summed E-state index contributed by atoms with van der Waals surface area (Å²) in [6.07, 6.45) is 0. The summed E-state index contributed by atoms with van der Waals surface area (Å²) in [7, 11) is 0. The Bertz CT molecular complexity index is 347. The number of nitrogens with one attached hydrogen (secondary N) is 2. The quantitative estimate of drug-likeness (QED) is 0.831. The van der Waals surface area contributed by atoms with Crippen LogP contribution in [0, 0.1) is 0 Å². The van der Waals surface area contributed by atoms with Crippen LogP contribution in [0.4, 0.5) is 5.13 Å². The fourth-order valence-corrected chi connectivity index (χ4v) is 1.96. The first-order chi connectivity index (χ1) is 7.49. The van der Waals surface area contributed by atoms with Crippen LogP contribution in [-0.2, 0) is 4.79 Å². The maximum absolute atomic E-state index is 11.5. The maximum atomic E-state index is 11.5. The summed E-state index contributed by atoms with van der Waals surface area (Å²) in [4.78, 5) is 15.8. The number of aromatic nitrogens is 1. The minimum atomic E-state index is -0.0432. The van der Waals surface area contributed by atoms with Crippen molar-refractivity contribution in [3.05, 3.63) is 11.1 Å². The van der Waals surface area contributed by atoms with Crippen molar-refractivity contribution in [3.63, 3.8) is 0 Å². The predicted molar refractivity (Wildman–Crippen MR) is 68.0 cm³/mol. The van der Waals surface area contributed by atoms with Crippen molar-refractivity contribution in [2.24, 2.45) is 0 Å². The summed E-state index contributed by atoms with van der Waals surface area (Å²) < 4.78 is 0. The molecule has 0 radical (unpaired) electrons. The van der Waals surface area contributed by atoms with Gasteiger partial charge in [0, 0.05) is 11.4 Å². The van der Waals surface area contributed by atoms with Crippen LogP contribution in [-0.4, -0.2) is 23.5 Å². The van der Waals surface area contributed by atoms with Crippen LogP contribution in [0.25, 0.3) is 0 Å². The number of rotatable bonds is 5. The summed E-state index contributed by atoms with van der Waals surface area (Å²) >= 11 is 1.47. The van der Waals surface area contributed by atoms with Crippen molar-refractivity contribution in [1.29, 1.82) is 0 Å². The van der Waals surface area contributed by atoms with E-state index in [4.69, 9.17) is 0 Å². The molecule has 1 aromatic rings. The first-order valence-corrected chi connectivity index (χ1v) is 6.35. The Balaban J connectivity index is 2.43. The zero-order chi connectivity index (χ0) is 12.1. The standard InChI is InChI=1S/C11H19N3OS/c1-7(2)9-6-16-11(13-9)14-10(15)5-12-8(3)4/h6-8,12H,5H2,1-4H3,(H,13,14,15). The summed E-state index contributed by atoms with van der Waals surface area (Å²) in [6, 6.07) is 0.313. The van der Waals surface area contributed by atoms with Gasteiger partial charge in [-0.05, 0) is 5.92 Å². The lowest BCUT2D eigenvalue weighted by Crippen LogP contribution is -2.32. The molecule has 0 bridgehead atoms. The first-order valence-electron chi connectivity index (χ1n) is 5.47. The number of thiazole rings is 1. The molecule has 16 heavy (non-hydrogen) atoms. The molecular weight excluding hydrogens is 222 g/mol. The molecule has 0 saturated heterocycles. The first kappa shape index (κ1) is 13.1. The van der Waals surface area contributed by atoms with E-state index in [0.29, 0.717) is 23.6 Å². The number of hydrogen-bond donors (Lipinski definition) is 2. The molecule has 0 aromatic carbocycles. The van der Waals surface area contributed by atoms with Crippen molar-refractivity contribution < 1.29 is 4.79 Å². The van der Waals surface area contributed by atoms with Crippen molar-refractivity contribution >= 4 is 22.4 Å². The molecule has 4 nitrogen and oxygen atoms in total. The highest BCUT2D eigenvalue weighted by molar-refractivity contribution is 7.13. The predicted octanol–water partition coefficient (Wildman–Crippen LogP) is 2.20. The van der Waals surface area contributed by atoms with Gasteiger partial charge in [-0.2, -0.15) is 0 Å². The molecule has 1 amide bonds. The zero-order valence-electron chi connectivity index (χ0n) is 10.2. The third-order valence-corrected chi connectivity index (χ3v) is 2.81. The van der Waals surface area contributed by atoms with Gasteiger partial charge >= 0.3 is 0 Å². The molecular formula is C11H19N3OS. The van der Waals surface area contributed by atoms with E-state index < -0.39 is 0 Å². The van der Waals surface area contributed by atoms with Crippen LogP contribution in [0.2, 0.25) is 0 Å². The summed E-state index contributed by atoms with van der Waals surface area (Å²) in [5.74, 6) is 0.356. The molecule has 0 spiro atoms. The van der Waals surface area contributed by atoms with Crippen LogP contribution < -0.4 is 10.6 Å². The summed E-state index contributed by atoms with van der Waals surface area (Å²) in [5, 5.41) is 8.50. The Morgan fingerprint density at radius 3 is 2.62 bits per heavy atom. The molecule has 0 aliphatic heterocycles. The van der Waals surface area contributed by atoms with Gasteiger partial charge in [-0.15, -0.1) is 11.3 Å². The van der Waals surface area contributed by atoms with Crippen molar-refractivity contribution in [2.75, 3.05) is 11.9 Å². The Morgan fingerprint density at radius 1 is 1.44 bits per heavy atom. The monoisotopic (exact) mass is 241 g/mol. The third-order valence-electron chi connectivity index (χ3n) is 2.03. The SMILES string of the molecule is CC(C)NCC(=O)Nc1nc(C(C)C)cs1. The van der Waals surface area contributed by atoms with Gasteiger partial charge in [-0.1, -0.05) is 27.7 Å². The van der Waals surface area contributed by atoms with Crippen molar-refractivity contribution in [3.8, 4) is 0 Å². The Labute approximate surface area is 100 Å². The number of carbonyl (C=O) groups is 1. The van der Waals surface area contributed by atoms with Crippen LogP contribution in [0.5, 0.6) is 0 Å². The van der Waals surface area contributed by atoms with Crippen LogP contribution in [0.3, 0.4) is 0 Å².